The topological polar surface area (TPSA) is 97.7 Å². The van der Waals surface area contributed by atoms with E-state index in [0.717, 1.165) is 0 Å². The number of nitrogens with zero attached hydrogens (tertiary/aromatic N) is 1. The fourth-order valence-corrected chi connectivity index (χ4v) is 2.26. The van der Waals surface area contributed by atoms with Gasteiger partial charge in [0.2, 0.25) is 0 Å². The summed E-state index contributed by atoms with van der Waals surface area (Å²) in [5.41, 5.74) is 0.966. The van der Waals surface area contributed by atoms with E-state index in [-0.39, 0.29) is 5.56 Å². The molecule has 0 aliphatic heterocycles. The van der Waals surface area contributed by atoms with Crippen molar-refractivity contribution in [3.8, 4) is 17.6 Å². The standard InChI is InChI=1S/C20H20N2O5/c1-3-25-16-8-9-18(26-4-2)17(11-16)22-19(23)13-27-20(24)15-7-5-6-14(10-15)12-21/h5-11H,3-4,13H2,1-2H3,(H,22,23). The molecular weight excluding hydrogens is 348 g/mol. The molecule has 140 valence electrons. The number of carbonyl (C=O) groups is 2. The molecule has 0 heterocycles. The number of benzene rings is 2. The van der Waals surface area contributed by atoms with Gasteiger partial charge in [-0.2, -0.15) is 5.26 Å². The Bertz CT molecular complexity index is 858. The van der Waals surface area contributed by atoms with Crippen molar-refractivity contribution in [2.45, 2.75) is 13.8 Å². The maximum atomic E-state index is 12.2. The lowest BCUT2D eigenvalue weighted by Crippen LogP contribution is -2.21. The Kier molecular flexibility index (Phi) is 7.20. The van der Waals surface area contributed by atoms with Gasteiger partial charge in [0, 0.05) is 6.07 Å². The van der Waals surface area contributed by atoms with Gasteiger partial charge < -0.3 is 19.5 Å². The van der Waals surface area contributed by atoms with Crippen LogP contribution in [0.3, 0.4) is 0 Å². The average Bonchev–Trinajstić information content (AvgIpc) is 2.68. The highest BCUT2D eigenvalue weighted by atomic mass is 16.5. The summed E-state index contributed by atoms with van der Waals surface area (Å²) in [5.74, 6) is -0.131. The molecule has 0 saturated heterocycles. The maximum Gasteiger partial charge on any atom is 0.338 e. The first kappa shape index (κ1) is 19.8. The molecular formula is C20H20N2O5. The van der Waals surface area contributed by atoms with Crippen molar-refractivity contribution in [2.24, 2.45) is 0 Å². The third-order valence-electron chi connectivity index (χ3n) is 3.40. The second kappa shape index (κ2) is 9.82. The number of amides is 1. The Hall–Kier alpha value is -3.53. The highest BCUT2D eigenvalue weighted by molar-refractivity contribution is 5.96. The van der Waals surface area contributed by atoms with Crippen molar-refractivity contribution in [2.75, 3.05) is 25.1 Å². The zero-order valence-corrected chi connectivity index (χ0v) is 15.2. The van der Waals surface area contributed by atoms with Crippen molar-refractivity contribution >= 4 is 17.6 Å². The van der Waals surface area contributed by atoms with Crippen LogP contribution in [0.15, 0.2) is 42.5 Å². The SMILES string of the molecule is CCOc1ccc(OCC)c(NC(=O)COC(=O)c2cccc(C#N)c2)c1. The molecule has 0 radical (unpaired) electrons. The highest BCUT2D eigenvalue weighted by Gasteiger charge is 2.13. The number of hydrogen-bond acceptors (Lipinski definition) is 6. The number of ether oxygens (including phenoxy) is 3. The van der Waals surface area contributed by atoms with Gasteiger partial charge in [-0.05, 0) is 44.2 Å². The molecule has 1 amide bonds. The molecule has 2 aromatic carbocycles. The van der Waals surface area contributed by atoms with Gasteiger partial charge in [-0.3, -0.25) is 4.79 Å². The smallest absolute Gasteiger partial charge is 0.338 e. The lowest BCUT2D eigenvalue weighted by atomic mass is 10.1. The Labute approximate surface area is 157 Å². The van der Waals surface area contributed by atoms with E-state index >= 15 is 0 Å². The van der Waals surface area contributed by atoms with Gasteiger partial charge in [0.1, 0.15) is 11.5 Å². The molecule has 7 heteroatoms. The summed E-state index contributed by atoms with van der Waals surface area (Å²) >= 11 is 0. The van der Waals surface area contributed by atoms with Crippen LogP contribution in [0.1, 0.15) is 29.8 Å². The summed E-state index contributed by atoms with van der Waals surface area (Å²) in [7, 11) is 0. The summed E-state index contributed by atoms with van der Waals surface area (Å²) < 4.78 is 15.9. The van der Waals surface area contributed by atoms with Gasteiger partial charge in [-0.1, -0.05) is 6.07 Å². The fraction of sp³-hybridized carbons (Fsp3) is 0.250. The van der Waals surface area contributed by atoms with Crippen LogP contribution in [-0.4, -0.2) is 31.7 Å². The second-order valence-electron chi connectivity index (χ2n) is 5.34. The summed E-state index contributed by atoms with van der Waals surface area (Å²) in [4.78, 5) is 24.2. The molecule has 0 aromatic heterocycles. The Morgan fingerprint density at radius 2 is 1.85 bits per heavy atom. The molecule has 1 N–H and O–H groups in total. The van der Waals surface area contributed by atoms with E-state index < -0.39 is 18.5 Å². The number of anilines is 1. The minimum absolute atomic E-state index is 0.204. The van der Waals surface area contributed by atoms with Gasteiger partial charge >= 0.3 is 5.97 Å². The van der Waals surface area contributed by atoms with Crippen molar-refractivity contribution in [3.05, 3.63) is 53.6 Å². The molecule has 0 atom stereocenters. The lowest BCUT2D eigenvalue weighted by Gasteiger charge is -2.13. The van der Waals surface area contributed by atoms with E-state index in [9.17, 15) is 9.59 Å². The quantitative estimate of drug-likeness (QED) is 0.719. The van der Waals surface area contributed by atoms with Crippen LogP contribution in [0.25, 0.3) is 0 Å². The number of rotatable bonds is 8. The number of carbonyl (C=O) groups excluding carboxylic acids is 2. The summed E-state index contributed by atoms with van der Waals surface area (Å²) in [5, 5.41) is 11.5. The molecule has 2 rings (SSSR count). The van der Waals surface area contributed by atoms with Crippen molar-refractivity contribution < 1.29 is 23.8 Å². The largest absolute Gasteiger partial charge is 0.494 e. The number of nitriles is 1. The van der Waals surface area contributed by atoms with Crippen molar-refractivity contribution in [1.82, 2.24) is 0 Å². The summed E-state index contributed by atoms with van der Waals surface area (Å²) in [6, 6.07) is 13.1. The third kappa shape index (κ3) is 5.75. The molecule has 0 fully saturated rings. The number of esters is 1. The molecule has 0 unspecified atom stereocenters. The van der Waals surface area contributed by atoms with Gasteiger partial charge in [0.15, 0.2) is 6.61 Å². The lowest BCUT2D eigenvalue weighted by molar-refractivity contribution is -0.119. The van der Waals surface area contributed by atoms with Crippen LogP contribution >= 0.6 is 0 Å². The monoisotopic (exact) mass is 368 g/mol. The normalized spacial score (nSPS) is 9.81. The van der Waals surface area contributed by atoms with E-state index in [1.165, 1.54) is 12.1 Å². The van der Waals surface area contributed by atoms with Gasteiger partial charge in [-0.15, -0.1) is 0 Å². The molecule has 0 spiro atoms. The summed E-state index contributed by atoms with van der Waals surface area (Å²) in [6.45, 7) is 4.14. The highest BCUT2D eigenvalue weighted by Crippen LogP contribution is 2.29. The van der Waals surface area contributed by atoms with Gasteiger partial charge in [0.25, 0.3) is 5.91 Å². The molecule has 2 aromatic rings. The Morgan fingerprint density at radius 1 is 1.07 bits per heavy atom. The Morgan fingerprint density at radius 3 is 2.56 bits per heavy atom. The van der Waals surface area contributed by atoms with E-state index in [4.69, 9.17) is 19.5 Å². The predicted molar refractivity (Wildman–Crippen MR) is 98.8 cm³/mol. The van der Waals surface area contributed by atoms with E-state index in [1.54, 1.807) is 30.3 Å². The van der Waals surface area contributed by atoms with Crippen LogP contribution in [0, 0.1) is 11.3 Å². The molecule has 0 bridgehead atoms. The minimum atomic E-state index is -0.685. The molecule has 0 aliphatic rings. The Balaban J connectivity index is 2.01. The van der Waals surface area contributed by atoms with Crippen LogP contribution in [0.4, 0.5) is 5.69 Å². The van der Waals surface area contributed by atoms with Crippen LogP contribution in [0.5, 0.6) is 11.5 Å². The van der Waals surface area contributed by atoms with E-state index in [0.29, 0.717) is 36.0 Å². The number of hydrogen-bond donors (Lipinski definition) is 1. The first-order chi connectivity index (χ1) is 13.1. The van der Waals surface area contributed by atoms with Crippen LogP contribution < -0.4 is 14.8 Å². The molecule has 0 aliphatic carbocycles. The predicted octanol–water partition coefficient (Wildman–Crippen LogP) is 3.15. The molecule has 27 heavy (non-hydrogen) atoms. The molecule has 7 nitrogen and oxygen atoms in total. The summed E-state index contributed by atoms with van der Waals surface area (Å²) in [6.07, 6.45) is 0. The van der Waals surface area contributed by atoms with E-state index in [1.807, 2.05) is 19.9 Å². The van der Waals surface area contributed by atoms with Gasteiger partial charge in [-0.25, -0.2) is 4.79 Å². The third-order valence-corrected chi connectivity index (χ3v) is 3.40. The van der Waals surface area contributed by atoms with Crippen molar-refractivity contribution in [1.29, 1.82) is 5.26 Å². The zero-order chi connectivity index (χ0) is 19.6. The van der Waals surface area contributed by atoms with Crippen molar-refractivity contribution in [3.63, 3.8) is 0 Å². The van der Waals surface area contributed by atoms with Gasteiger partial charge in [0.05, 0.1) is 36.1 Å². The van der Waals surface area contributed by atoms with Crippen LogP contribution in [0.2, 0.25) is 0 Å². The molecule has 0 saturated carbocycles. The fourth-order valence-electron chi connectivity index (χ4n) is 2.26. The number of nitrogens with one attached hydrogen (secondary N) is 1. The zero-order valence-electron chi connectivity index (χ0n) is 15.2. The van der Waals surface area contributed by atoms with E-state index in [2.05, 4.69) is 5.32 Å². The first-order valence-corrected chi connectivity index (χ1v) is 8.44. The first-order valence-electron chi connectivity index (χ1n) is 8.44. The minimum Gasteiger partial charge on any atom is -0.494 e. The maximum absolute atomic E-state index is 12.2. The van der Waals surface area contributed by atoms with Crippen LogP contribution in [-0.2, 0) is 9.53 Å². The average molecular weight is 368 g/mol. The second-order valence-corrected chi connectivity index (χ2v) is 5.34.